The van der Waals surface area contributed by atoms with Crippen LogP contribution < -0.4 is 10.1 Å². The number of ether oxygens (including phenoxy) is 2. The van der Waals surface area contributed by atoms with Crippen LogP contribution in [-0.4, -0.2) is 64.4 Å². The molecule has 1 aliphatic rings. The Morgan fingerprint density at radius 2 is 1.79 bits per heavy atom. The lowest BCUT2D eigenvalue weighted by Crippen LogP contribution is -2.44. The summed E-state index contributed by atoms with van der Waals surface area (Å²) in [5.41, 5.74) is 2.17. The van der Waals surface area contributed by atoms with Crippen LogP contribution in [0.5, 0.6) is 5.88 Å². The van der Waals surface area contributed by atoms with E-state index in [0.29, 0.717) is 18.5 Å². The van der Waals surface area contributed by atoms with Crippen molar-refractivity contribution >= 4 is 6.09 Å². The fraction of sp³-hybridized carbons (Fsp3) is 0.440. The van der Waals surface area contributed by atoms with E-state index in [1.54, 1.807) is 18.2 Å². The number of aromatic nitrogens is 4. The Morgan fingerprint density at radius 3 is 2.29 bits per heavy atom. The molecule has 0 spiro atoms. The zero-order valence-electron chi connectivity index (χ0n) is 20.7. The first kappa shape index (κ1) is 26.8. The predicted molar refractivity (Wildman–Crippen MR) is 132 cm³/mol. The first-order valence-electron chi connectivity index (χ1n) is 11.4. The average molecular weight is 469 g/mol. The van der Waals surface area contributed by atoms with Crippen molar-refractivity contribution in [3.05, 3.63) is 71.4 Å². The van der Waals surface area contributed by atoms with E-state index in [4.69, 9.17) is 9.47 Å². The van der Waals surface area contributed by atoms with Gasteiger partial charge in [0.05, 0.1) is 7.11 Å². The Labute approximate surface area is 201 Å². The third-order valence-electron chi connectivity index (χ3n) is 5.15. The van der Waals surface area contributed by atoms with Crippen LogP contribution in [0, 0.1) is 20.8 Å². The molecule has 1 aromatic carbocycles. The largest absolute Gasteiger partial charge is 0.481 e. The summed E-state index contributed by atoms with van der Waals surface area (Å²) in [5, 5.41) is 9.77. The number of nitrogens with zero attached hydrogens (tertiary/aromatic N) is 4. The number of hydrogen-bond acceptors (Lipinski definition) is 7. The van der Waals surface area contributed by atoms with Crippen LogP contribution in [-0.2, 0) is 11.3 Å². The van der Waals surface area contributed by atoms with Crippen LogP contribution in [0.1, 0.15) is 35.6 Å². The standard InChI is InChI=1S/C14H20N2O2.C7H9NO.C4H7N3/c1-16(13-7-9-15-10-8-13)14(17)18-11-12-5-3-2-4-6-12;1-6-3-4-7(9-2)8-5-6;1-3-5-4(2)7-6-3/h2-6,13,15H,7-11H2,1H3;3-5H,1-2H3;1-2H3,(H,5,6,7). The van der Waals surface area contributed by atoms with Gasteiger partial charge in [-0.05, 0) is 57.8 Å². The van der Waals surface area contributed by atoms with E-state index >= 15 is 0 Å². The smallest absolute Gasteiger partial charge is 0.410 e. The van der Waals surface area contributed by atoms with Crippen LogP contribution in [0.3, 0.4) is 0 Å². The maximum atomic E-state index is 11.9. The molecule has 34 heavy (non-hydrogen) atoms. The molecule has 4 rings (SSSR count). The monoisotopic (exact) mass is 468 g/mol. The molecule has 1 fully saturated rings. The molecular weight excluding hydrogens is 432 g/mol. The highest BCUT2D eigenvalue weighted by Gasteiger charge is 2.22. The summed E-state index contributed by atoms with van der Waals surface area (Å²) < 4.78 is 10.2. The topological polar surface area (TPSA) is 105 Å². The highest BCUT2D eigenvalue weighted by atomic mass is 16.6. The van der Waals surface area contributed by atoms with Crippen molar-refractivity contribution < 1.29 is 14.3 Å². The summed E-state index contributed by atoms with van der Waals surface area (Å²) in [6, 6.07) is 13.9. The quantitative estimate of drug-likeness (QED) is 0.599. The number of methoxy groups -OCH3 is 1. The Kier molecular flexibility index (Phi) is 11.5. The number of H-pyrrole nitrogens is 1. The molecule has 0 unspecified atom stereocenters. The Morgan fingerprint density at radius 1 is 1.09 bits per heavy atom. The van der Waals surface area contributed by atoms with Gasteiger partial charge in [0.25, 0.3) is 0 Å². The van der Waals surface area contributed by atoms with Gasteiger partial charge in [0.1, 0.15) is 18.3 Å². The van der Waals surface area contributed by atoms with Gasteiger partial charge in [-0.2, -0.15) is 5.10 Å². The summed E-state index contributed by atoms with van der Waals surface area (Å²) >= 11 is 0. The molecular formula is C25H36N6O3. The number of aryl methyl sites for hydroxylation is 3. The lowest BCUT2D eigenvalue weighted by Gasteiger charge is -2.30. The van der Waals surface area contributed by atoms with Crippen molar-refractivity contribution in [1.82, 2.24) is 30.4 Å². The highest BCUT2D eigenvalue weighted by molar-refractivity contribution is 5.67. The number of pyridine rings is 1. The number of hydrogen-bond donors (Lipinski definition) is 2. The van der Waals surface area contributed by atoms with Gasteiger partial charge in [0.15, 0.2) is 0 Å². The predicted octanol–water partition coefficient (Wildman–Crippen LogP) is 3.83. The van der Waals surface area contributed by atoms with Gasteiger partial charge in [-0.1, -0.05) is 36.4 Å². The molecule has 9 heteroatoms. The SMILES string of the molecule is CN(C(=O)OCc1ccccc1)C1CCNCC1.COc1ccc(C)cn1.Cc1n[nH]c(C)n1. The number of amides is 1. The molecule has 2 N–H and O–H groups in total. The molecule has 1 aliphatic heterocycles. The number of aromatic amines is 1. The number of benzene rings is 1. The number of piperidine rings is 1. The molecule has 0 aliphatic carbocycles. The molecule has 184 valence electrons. The maximum Gasteiger partial charge on any atom is 0.410 e. The fourth-order valence-electron chi connectivity index (χ4n) is 3.19. The van der Waals surface area contributed by atoms with Gasteiger partial charge >= 0.3 is 6.09 Å². The zero-order chi connectivity index (χ0) is 24.8. The highest BCUT2D eigenvalue weighted by Crippen LogP contribution is 2.12. The van der Waals surface area contributed by atoms with E-state index in [-0.39, 0.29) is 6.09 Å². The van der Waals surface area contributed by atoms with Crippen LogP contribution in [0.4, 0.5) is 4.79 Å². The minimum absolute atomic E-state index is 0.231. The number of carbonyl (C=O) groups is 1. The van der Waals surface area contributed by atoms with Gasteiger partial charge in [0, 0.05) is 25.4 Å². The van der Waals surface area contributed by atoms with Gasteiger partial charge < -0.3 is 19.7 Å². The summed E-state index contributed by atoms with van der Waals surface area (Å²) in [5.74, 6) is 2.34. The zero-order valence-corrected chi connectivity index (χ0v) is 20.7. The van der Waals surface area contributed by atoms with Gasteiger partial charge in [-0.15, -0.1) is 0 Å². The molecule has 9 nitrogen and oxygen atoms in total. The van der Waals surface area contributed by atoms with Crippen molar-refractivity contribution in [2.45, 2.75) is 46.3 Å². The minimum Gasteiger partial charge on any atom is -0.481 e. The van der Waals surface area contributed by atoms with E-state index in [2.05, 4.69) is 25.5 Å². The number of carbonyl (C=O) groups excluding carboxylic acids is 1. The molecule has 0 saturated carbocycles. The molecule has 0 radical (unpaired) electrons. The summed E-state index contributed by atoms with van der Waals surface area (Å²) in [6.07, 6.45) is 3.54. The minimum atomic E-state index is -0.231. The number of rotatable bonds is 4. The third kappa shape index (κ3) is 9.99. The van der Waals surface area contributed by atoms with Crippen LogP contribution >= 0.6 is 0 Å². The molecule has 1 amide bonds. The fourth-order valence-corrected chi connectivity index (χ4v) is 3.19. The summed E-state index contributed by atoms with van der Waals surface area (Å²) in [6.45, 7) is 8.01. The summed E-state index contributed by atoms with van der Waals surface area (Å²) in [4.78, 5) is 21.5. The first-order chi connectivity index (χ1) is 16.4. The van der Waals surface area contributed by atoms with Gasteiger partial charge in [0.2, 0.25) is 5.88 Å². The van der Waals surface area contributed by atoms with Crippen molar-refractivity contribution in [1.29, 1.82) is 0 Å². The Bertz CT molecular complexity index is 940. The van der Waals surface area contributed by atoms with E-state index in [0.717, 1.165) is 48.7 Å². The van der Waals surface area contributed by atoms with E-state index in [9.17, 15) is 4.79 Å². The van der Waals surface area contributed by atoms with Gasteiger partial charge in [-0.3, -0.25) is 5.10 Å². The van der Waals surface area contributed by atoms with Crippen LogP contribution in [0.25, 0.3) is 0 Å². The van der Waals surface area contributed by atoms with Crippen molar-refractivity contribution in [3.63, 3.8) is 0 Å². The third-order valence-corrected chi connectivity index (χ3v) is 5.15. The lowest BCUT2D eigenvalue weighted by molar-refractivity contribution is 0.0849. The second-order valence-electron chi connectivity index (χ2n) is 7.98. The van der Waals surface area contributed by atoms with E-state index in [1.165, 1.54) is 0 Å². The van der Waals surface area contributed by atoms with Crippen molar-refractivity contribution in [2.24, 2.45) is 0 Å². The van der Waals surface area contributed by atoms with E-state index in [1.807, 2.05) is 70.3 Å². The van der Waals surface area contributed by atoms with Crippen LogP contribution in [0.2, 0.25) is 0 Å². The molecule has 2 aromatic heterocycles. The summed E-state index contributed by atoms with van der Waals surface area (Å²) in [7, 11) is 3.43. The lowest BCUT2D eigenvalue weighted by atomic mass is 10.1. The molecule has 0 atom stereocenters. The Hall–Kier alpha value is -3.46. The first-order valence-corrected chi connectivity index (χ1v) is 11.4. The molecule has 0 bridgehead atoms. The van der Waals surface area contributed by atoms with Gasteiger partial charge in [-0.25, -0.2) is 14.8 Å². The van der Waals surface area contributed by atoms with Crippen molar-refractivity contribution in [3.8, 4) is 5.88 Å². The van der Waals surface area contributed by atoms with E-state index < -0.39 is 0 Å². The normalized spacial score (nSPS) is 13.0. The van der Waals surface area contributed by atoms with Crippen molar-refractivity contribution in [2.75, 3.05) is 27.2 Å². The molecule has 3 aromatic rings. The second kappa shape index (κ2) is 14.6. The maximum absolute atomic E-state index is 11.9. The van der Waals surface area contributed by atoms with Crippen LogP contribution in [0.15, 0.2) is 48.7 Å². The molecule has 3 heterocycles. The Balaban J connectivity index is 0.000000211. The average Bonchev–Trinajstić information content (AvgIpc) is 3.26. The molecule has 1 saturated heterocycles. The second-order valence-corrected chi connectivity index (χ2v) is 7.98. The number of nitrogens with one attached hydrogen (secondary N) is 2.